The van der Waals surface area contributed by atoms with Crippen molar-refractivity contribution in [2.75, 3.05) is 19.0 Å². The Morgan fingerprint density at radius 3 is 2.62 bits per heavy atom. The summed E-state index contributed by atoms with van der Waals surface area (Å²) in [5, 5.41) is 2.69. The van der Waals surface area contributed by atoms with Gasteiger partial charge in [-0.25, -0.2) is 0 Å². The zero-order valence-electron chi connectivity index (χ0n) is 12.2. The van der Waals surface area contributed by atoms with Crippen molar-refractivity contribution in [2.45, 2.75) is 25.8 Å². The van der Waals surface area contributed by atoms with Crippen molar-refractivity contribution in [3.05, 3.63) is 18.2 Å². The van der Waals surface area contributed by atoms with Gasteiger partial charge in [0.25, 0.3) is 5.91 Å². The second-order valence-electron chi connectivity index (χ2n) is 4.51. The van der Waals surface area contributed by atoms with Crippen LogP contribution in [0, 0.1) is 0 Å². The summed E-state index contributed by atoms with van der Waals surface area (Å²) >= 11 is 0. The number of nitrogens with one attached hydrogen (secondary N) is 1. The van der Waals surface area contributed by atoms with Crippen LogP contribution in [0.5, 0.6) is 11.5 Å². The Hall–Kier alpha value is -2.28. The monoisotopic (exact) mass is 295 g/mol. The average Bonchev–Trinajstić information content (AvgIpc) is 2.45. The van der Waals surface area contributed by atoms with Gasteiger partial charge in [-0.2, -0.15) is 0 Å². The van der Waals surface area contributed by atoms with Crippen molar-refractivity contribution in [1.82, 2.24) is 0 Å². The number of amides is 2. The maximum atomic E-state index is 11.9. The molecule has 0 aliphatic rings. The molecule has 7 nitrogen and oxygen atoms in total. The third kappa shape index (κ3) is 5.31. The normalized spacial score (nSPS) is 11.6. The molecule has 2 amide bonds. The number of primary amides is 1. The summed E-state index contributed by atoms with van der Waals surface area (Å²) in [7, 11) is 1.47. The number of anilines is 1. The standard InChI is InChI=1S/C14H21N3O4/c1-3-4-10(15)14(19)17-9-5-6-11(20-2)12(7-9)21-8-13(16)18/h5-7,10H,3-4,8,15H2,1-2H3,(H2,16,18)(H,17,19). The molecule has 1 aromatic rings. The van der Waals surface area contributed by atoms with Gasteiger partial charge in [0.05, 0.1) is 13.2 Å². The van der Waals surface area contributed by atoms with Crippen LogP contribution < -0.4 is 26.3 Å². The van der Waals surface area contributed by atoms with E-state index in [1.807, 2.05) is 6.92 Å². The minimum atomic E-state index is -0.601. The number of benzene rings is 1. The van der Waals surface area contributed by atoms with Crippen LogP contribution in [0.1, 0.15) is 19.8 Å². The summed E-state index contributed by atoms with van der Waals surface area (Å²) in [6, 6.07) is 4.27. The Balaban J connectivity index is 2.81. The molecule has 0 aliphatic carbocycles. The maximum absolute atomic E-state index is 11.9. The first kappa shape index (κ1) is 16.8. The van der Waals surface area contributed by atoms with Gasteiger partial charge >= 0.3 is 0 Å². The molecular weight excluding hydrogens is 274 g/mol. The molecule has 0 aliphatic heterocycles. The fourth-order valence-electron chi connectivity index (χ4n) is 1.69. The van der Waals surface area contributed by atoms with E-state index in [0.29, 0.717) is 23.6 Å². The Morgan fingerprint density at radius 1 is 1.33 bits per heavy atom. The van der Waals surface area contributed by atoms with Gasteiger partial charge in [0.1, 0.15) is 0 Å². The third-order valence-electron chi connectivity index (χ3n) is 2.74. The van der Waals surface area contributed by atoms with Gasteiger partial charge in [-0.1, -0.05) is 13.3 Å². The summed E-state index contributed by atoms with van der Waals surface area (Å²) in [6.07, 6.45) is 1.43. The predicted molar refractivity (Wildman–Crippen MR) is 79.2 cm³/mol. The largest absolute Gasteiger partial charge is 0.493 e. The lowest BCUT2D eigenvalue weighted by molar-refractivity contribution is -0.120. The van der Waals surface area contributed by atoms with Gasteiger partial charge in [-0.3, -0.25) is 9.59 Å². The topological polar surface area (TPSA) is 117 Å². The minimum Gasteiger partial charge on any atom is -0.493 e. The molecule has 0 fully saturated rings. The van der Waals surface area contributed by atoms with Crippen LogP contribution in [-0.2, 0) is 9.59 Å². The van der Waals surface area contributed by atoms with Crippen molar-refractivity contribution in [3.8, 4) is 11.5 Å². The molecule has 5 N–H and O–H groups in total. The summed E-state index contributed by atoms with van der Waals surface area (Å²) in [5.74, 6) is -0.121. The van der Waals surface area contributed by atoms with Gasteiger partial charge in [-0.15, -0.1) is 0 Å². The van der Waals surface area contributed by atoms with Gasteiger partial charge < -0.3 is 26.3 Å². The second kappa shape index (κ2) is 8.11. The SMILES string of the molecule is CCCC(N)C(=O)Nc1ccc(OC)c(OCC(N)=O)c1. The van der Waals surface area contributed by atoms with E-state index >= 15 is 0 Å². The molecule has 0 spiro atoms. The van der Waals surface area contributed by atoms with Crippen LogP contribution in [-0.4, -0.2) is 31.6 Å². The van der Waals surface area contributed by atoms with E-state index in [1.165, 1.54) is 7.11 Å². The molecule has 1 aromatic carbocycles. The lowest BCUT2D eigenvalue weighted by Gasteiger charge is -2.14. The Bertz CT molecular complexity index is 505. The van der Waals surface area contributed by atoms with E-state index in [0.717, 1.165) is 6.42 Å². The molecule has 1 unspecified atom stereocenters. The van der Waals surface area contributed by atoms with E-state index < -0.39 is 11.9 Å². The molecule has 0 saturated carbocycles. The summed E-state index contributed by atoms with van der Waals surface area (Å²) in [6.45, 7) is 1.68. The zero-order valence-corrected chi connectivity index (χ0v) is 12.2. The highest BCUT2D eigenvalue weighted by Crippen LogP contribution is 2.30. The number of methoxy groups -OCH3 is 1. The molecule has 0 heterocycles. The first-order valence-electron chi connectivity index (χ1n) is 6.63. The van der Waals surface area contributed by atoms with Crippen LogP contribution in [0.15, 0.2) is 18.2 Å². The van der Waals surface area contributed by atoms with Gasteiger partial charge in [-0.05, 0) is 18.6 Å². The van der Waals surface area contributed by atoms with Gasteiger partial charge in [0.15, 0.2) is 18.1 Å². The number of rotatable bonds is 8. The molecule has 0 saturated heterocycles. The van der Waals surface area contributed by atoms with E-state index in [2.05, 4.69) is 5.32 Å². The van der Waals surface area contributed by atoms with Crippen molar-refractivity contribution in [2.24, 2.45) is 11.5 Å². The van der Waals surface area contributed by atoms with Crippen molar-refractivity contribution < 1.29 is 19.1 Å². The van der Waals surface area contributed by atoms with Gasteiger partial charge in [0, 0.05) is 11.8 Å². The highest BCUT2D eigenvalue weighted by atomic mass is 16.5. The fraction of sp³-hybridized carbons (Fsp3) is 0.429. The van der Waals surface area contributed by atoms with Crippen molar-refractivity contribution in [1.29, 1.82) is 0 Å². The van der Waals surface area contributed by atoms with Crippen LogP contribution in [0.2, 0.25) is 0 Å². The molecular formula is C14H21N3O4. The molecule has 116 valence electrons. The lowest BCUT2D eigenvalue weighted by atomic mass is 10.1. The first-order chi connectivity index (χ1) is 9.97. The van der Waals surface area contributed by atoms with Crippen LogP contribution in [0.25, 0.3) is 0 Å². The molecule has 0 aromatic heterocycles. The highest BCUT2D eigenvalue weighted by Gasteiger charge is 2.14. The lowest BCUT2D eigenvalue weighted by Crippen LogP contribution is -2.35. The predicted octanol–water partition coefficient (Wildman–Crippen LogP) is 0.625. The van der Waals surface area contributed by atoms with E-state index in [9.17, 15) is 9.59 Å². The minimum absolute atomic E-state index is 0.275. The Labute approximate surface area is 123 Å². The number of hydrogen-bond donors (Lipinski definition) is 3. The third-order valence-corrected chi connectivity index (χ3v) is 2.74. The van der Waals surface area contributed by atoms with Gasteiger partial charge in [0.2, 0.25) is 5.91 Å². The number of hydrogen-bond acceptors (Lipinski definition) is 5. The number of ether oxygens (including phenoxy) is 2. The first-order valence-corrected chi connectivity index (χ1v) is 6.63. The van der Waals surface area contributed by atoms with Crippen LogP contribution in [0.3, 0.4) is 0 Å². The summed E-state index contributed by atoms with van der Waals surface area (Å²) < 4.78 is 10.3. The van der Waals surface area contributed by atoms with E-state index in [1.54, 1.807) is 18.2 Å². The molecule has 21 heavy (non-hydrogen) atoms. The summed E-state index contributed by atoms with van der Waals surface area (Å²) in [4.78, 5) is 22.6. The molecule has 7 heteroatoms. The van der Waals surface area contributed by atoms with Crippen LogP contribution in [0.4, 0.5) is 5.69 Å². The van der Waals surface area contributed by atoms with Crippen molar-refractivity contribution >= 4 is 17.5 Å². The molecule has 0 radical (unpaired) electrons. The van der Waals surface area contributed by atoms with Crippen LogP contribution >= 0.6 is 0 Å². The quantitative estimate of drug-likeness (QED) is 0.650. The average molecular weight is 295 g/mol. The fourth-order valence-corrected chi connectivity index (χ4v) is 1.69. The smallest absolute Gasteiger partial charge is 0.255 e. The van der Waals surface area contributed by atoms with E-state index in [-0.39, 0.29) is 12.5 Å². The molecule has 1 rings (SSSR count). The number of nitrogens with two attached hydrogens (primary N) is 2. The number of carbonyl (C=O) groups excluding carboxylic acids is 2. The summed E-state index contributed by atoms with van der Waals surface area (Å²) in [5.41, 5.74) is 11.3. The molecule has 0 bridgehead atoms. The van der Waals surface area contributed by atoms with Crippen molar-refractivity contribution in [3.63, 3.8) is 0 Å². The Kier molecular flexibility index (Phi) is 6.48. The maximum Gasteiger partial charge on any atom is 0.255 e. The number of carbonyl (C=O) groups is 2. The van der Waals surface area contributed by atoms with E-state index in [4.69, 9.17) is 20.9 Å². The Morgan fingerprint density at radius 2 is 2.05 bits per heavy atom. The second-order valence-corrected chi connectivity index (χ2v) is 4.51. The zero-order chi connectivity index (χ0) is 15.8. The highest BCUT2D eigenvalue weighted by molar-refractivity contribution is 5.94. The molecule has 1 atom stereocenters.